The molecule has 1 aromatic carbocycles. The van der Waals surface area contributed by atoms with Crippen LogP contribution in [0.1, 0.15) is 44.7 Å². The molecule has 0 spiro atoms. The molecule has 0 aliphatic heterocycles. The Morgan fingerprint density at radius 2 is 1.87 bits per heavy atom. The van der Waals surface area contributed by atoms with E-state index in [1.165, 1.54) is 25.7 Å². The van der Waals surface area contributed by atoms with Crippen molar-refractivity contribution < 1.29 is 9.47 Å². The summed E-state index contributed by atoms with van der Waals surface area (Å²) < 4.78 is 12.4. The van der Waals surface area contributed by atoms with E-state index in [0.29, 0.717) is 12.0 Å². The number of ether oxygens (including phenoxy) is 2. The monoisotopic (exact) mass is 541 g/mol. The number of benzene rings is 1. The molecule has 0 radical (unpaired) electrons. The second kappa shape index (κ2) is 12.9. The van der Waals surface area contributed by atoms with Gasteiger partial charge in [0.15, 0.2) is 5.96 Å². The van der Waals surface area contributed by atoms with Gasteiger partial charge in [-0.1, -0.05) is 12.8 Å². The van der Waals surface area contributed by atoms with Gasteiger partial charge in [0.05, 0.1) is 25.0 Å². The third kappa shape index (κ3) is 7.38. The van der Waals surface area contributed by atoms with Crippen molar-refractivity contribution in [3.8, 4) is 11.4 Å². The number of nitrogens with zero attached hydrogens (tertiary/aromatic N) is 3. The molecule has 2 aromatic rings. The summed E-state index contributed by atoms with van der Waals surface area (Å²) in [5.41, 5.74) is 2.25. The fraction of sp³-hybridized carbons (Fsp3) is 0.565. The van der Waals surface area contributed by atoms with Crippen molar-refractivity contribution in [2.75, 3.05) is 33.9 Å². The van der Waals surface area contributed by atoms with Gasteiger partial charge in [0.1, 0.15) is 5.75 Å². The highest BCUT2D eigenvalue weighted by Gasteiger charge is 2.33. The van der Waals surface area contributed by atoms with Crippen LogP contribution in [-0.4, -0.2) is 49.7 Å². The van der Waals surface area contributed by atoms with E-state index in [0.717, 1.165) is 49.2 Å². The van der Waals surface area contributed by atoms with Crippen molar-refractivity contribution in [3.05, 3.63) is 42.2 Å². The molecule has 2 N–H and O–H groups in total. The lowest BCUT2D eigenvalue weighted by Crippen LogP contribution is -2.43. The Bertz CT molecular complexity index is 801. The van der Waals surface area contributed by atoms with Gasteiger partial charge >= 0.3 is 0 Å². The summed E-state index contributed by atoms with van der Waals surface area (Å²) in [5, 5.41) is 11.6. The first-order valence-corrected chi connectivity index (χ1v) is 10.9. The normalized spacial score (nSPS) is 15.4. The van der Waals surface area contributed by atoms with Crippen LogP contribution < -0.4 is 15.4 Å². The Balaban J connectivity index is 0.00000341. The molecule has 31 heavy (non-hydrogen) atoms. The minimum absolute atomic E-state index is 0. The van der Waals surface area contributed by atoms with Gasteiger partial charge in [-0.05, 0) is 61.9 Å². The van der Waals surface area contributed by atoms with Crippen LogP contribution >= 0.6 is 24.0 Å². The maximum absolute atomic E-state index is 5.35. The van der Waals surface area contributed by atoms with Crippen LogP contribution in [0.4, 0.5) is 0 Å². The summed E-state index contributed by atoms with van der Waals surface area (Å²) in [4.78, 5) is 4.76. The van der Waals surface area contributed by atoms with Crippen LogP contribution in [0.15, 0.2) is 41.5 Å². The summed E-state index contributed by atoms with van der Waals surface area (Å²) in [6, 6.07) is 9.86. The van der Waals surface area contributed by atoms with Gasteiger partial charge in [-0.3, -0.25) is 0 Å². The molecule has 7 nitrogen and oxygen atoms in total. The molecule has 1 heterocycles. The lowest BCUT2D eigenvalue weighted by molar-refractivity contribution is 0.138. The average molecular weight is 541 g/mol. The van der Waals surface area contributed by atoms with E-state index in [1.807, 2.05) is 41.2 Å². The van der Waals surface area contributed by atoms with Crippen molar-refractivity contribution >= 4 is 29.9 Å². The van der Waals surface area contributed by atoms with Crippen LogP contribution in [0.2, 0.25) is 0 Å². The molecule has 0 amide bonds. The lowest BCUT2D eigenvalue weighted by Gasteiger charge is -2.29. The number of aliphatic imine (C=N–C) groups is 1. The van der Waals surface area contributed by atoms with Gasteiger partial charge in [0.25, 0.3) is 0 Å². The molecule has 1 aliphatic rings. The summed E-state index contributed by atoms with van der Waals surface area (Å²) in [6.07, 6.45) is 8.20. The van der Waals surface area contributed by atoms with Crippen molar-refractivity contribution in [2.24, 2.45) is 10.4 Å². The first kappa shape index (κ1) is 25.5. The smallest absolute Gasteiger partial charge is 0.191 e. The van der Waals surface area contributed by atoms with Gasteiger partial charge in [-0.25, -0.2) is 9.67 Å². The highest BCUT2D eigenvalue weighted by molar-refractivity contribution is 14.0. The van der Waals surface area contributed by atoms with Crippen molar-refractivity contribution in [3.63, 3.8) is 0 Å². The molecule has 1 aromatic heterocycles. The zero-order valence-electron chi connectivity index (χ0n) is 18.9. The number of guanidine groups is 1. The number of hydrogen-bond donors (Lipinski definition) is 2. The number of rotatable bonds is 10. The van der Waals surface area contributed by atoms with E-state index >= 15 is 0 Å². The van der Waals surface area contributed by atoms with Crippen LogP contribution in [0, 0.1) is 5.41 Å². The van der Waals surface area contributed by atoms with E-state index in [2.05, 4.69) is 22.7 Å². The van der Waals surface area contributed by atoms with Crippen molar-refractivity contribution in [2.45, 2.75) is 45.6 Å². The van der Waals surface area contributed by atoms with E-state index in [9.17, 15) is 0 Å². The largest absolute Gasteiger partial charge is 0.497 e. The molecule has 0 unspecified atom stereocenters. The fourth-order valence-electron chi connectivity index (χ4n) is 4.06. The van der Waals surface area contributed by atoms with E-state index in [1.54, 1.807) is 14.2 Å². The minimum atomic E-state index is 0. The van der Waals surface area contributed by atoms with Gasteiger partial charge in [-0.15, -0.1) is 24.0 Å². The number of aromatic nitrogens is 2. The molecule has 1 saturated carbocycles. The predicted octanol–water partition coefficient (Wildman–Crippen LogP) is 4.15. The standard InChI is InChI=1S/C23H35N5O2.HI/c1-4-24-22(26-18-23(14-16-29-2)12-5-6-13-23)25-17-19-11-15-28(27-19)20-7-9-21(30-3)10-8-20;/h7-11,15H,4-6,12-14,16-18H2,1-3H3,(H2,24,25,26);1H. The Hall–Kier alpha value is -1.81. The summed E-state index contributed by atoms with van der Waals surface area (Å²) >= 11 is 0. The zero-order chi connectivity index (χ0) is 21.2. The molecule has 8 heteroatoms. The maximum Gasteiger partial charge on any atom is 0.191 e. The van der Waals surface area contributed by atoms with Gasteiger partial charge < -0.3 is 20.1 Å². The quantitative estimate of drug-likeness (QED) is 0.269. The molecule has 3 rings (SSSR count). The molecule has 1 aliphatic carbocycles. The van der Waals surface area contributed by atoms with E-state index in [4.69, 9.17) is 14.5 Å². The summed E-state index contributed by atoms with van der Waals surface area (Å²) in [5.74, 6) is 1.68. The third-order valence-electron chi connectivity index (χ3n) is 5.86. The molecule has 0 atom stereocenters. The highest BCUT2D eigenvalue weighted by atomic mass is 127. The lowest BCUT2D eigenvalue weighted by atomic mass is 9.83. The van der Waals surface area contributed by atoms with Crippen molar-refractivity contribution in [1.82, 2.24) is 20.4 Å². The van der Waals surface area contributed by atoms with Crippen LogP contribution in [0.3, 0.4) is 0 Å². The first-order chi connectivity index (χ1) is 14.7. The first-order valence-electron chi connectivity index (χ1n) is 10.9. The number of halogens is 1. The Labute approximate surface area is 203 Å². The topological polar surface area (TPSA) is 72.7 Å². The van der Waals surface area contributed by atoms with Crippen LogP contribution in [-0.2, 0) is 11.3 Å². The molecule has 172 valence electrons. The average Bonchev–Trinajstić information content (AvgIpc) is 3.45. The summed E-state index contributed by atoms with van der Waals surface area (Å²) in [7, 11) is 3.45. The van der Waals surface area contributed by atoms with Gasteiger partial charge in [0.2, 0.25) is 0 Å². The summed E-state index contributed by atoms with van der Waals surface area (Å²) in [6.45, 7) is 5.20. The Kier molecular flexibility index (Phi) is 10.6. The third-order valence-corrected chi connectivity index (χ3v) is 5.86. The Morgan fingerprint density at radius 3 is 2.52 bits per heavy atom. The SMILES string of the molecule is CCNC(=NCc1ccn(-c2ccc(OC)cc2)n1)NCC1(CCOC)CCCC1.I. The second-order valence-corrected chi connectivity index (χ2v) is 7.95. The zero-order valence-corrected chi connectivity index (χ0v) is 21.2. The maximum atomic E-state index is 5.35. The molecule has 0 saturated heterocycles. The minimum Gasteiger partial charge on any atom is -0.497 e. The van der Waals surface area contributed by atoms with E-state index < -0.39 is 0 Å². The highest BCUT2D eigenvalue weighted by Crippen LogP contribution is 2.40. The van der Waals surface area contributed by atoms with Crippen LogP contribution in [0.5, 0.6) is 5.75 Å². The van der Waals surface area contributed by atoms with Gasteiger partial charge in [0, 0.05) is 33.0 Å². The second-order valence-electron chi connectivity index (χ2n) is 7.95. The number of hydrogen-bond acceptors (Lipinski definition) is 4. The van der Waals surface area contributed by atoms with Crippen LogP contribution in [0.25, 0.3) is 5.69 Å². The number of methoxy groups -OCH3 is 2. The van der Waals surface area contributed by atoms with E-state index in [-0.39, 0.29) is 24.0 Å². The Morgan fingerprint density at radius 1 is 1.13 bits per heavy atom. The molecule has 0 bridgehead atoms. The fourth-order valence-corrected chi connectivity index (χ4v) is 4.06. The number of nitrogens with one attached hydrogen (secondary N) is 2. The van der Waals surface area contributed by atoms with Gasteiger partial charge in [-0.2, -0.15) is 5.10 Å². The molecular formula is C23H36IN5O2. The van der Waals surface area contributed by atoms with Crippen molar-refractivity contribution in [1.29, 1.82) is 0 Å². The molecular weight excluding hydrogens is 505 g/mol. The predicted molar refractivity (Wildman–Crippen MR) is 136 cm³/mol. The molecule has 1 fully saturated rings.